The van der Waals surface area contributed by atoms with E-state index in [4.69, 9.17) is 21.5 Å². The van der Waals surface area contributed by atoms with Crippen molar-refractivity contribution in [3.05, 3.63) is 156 Å². The van der Waals surface area contributed by atoms with Crippen LogP contribution in [0, 0.1) is 0 Å². The van der Waals surface area contributed by atoms with E-state index in [2.05, 4.69) is 0 Å². The molecular formula is C42H25ClO. The second kappa shape index (κ2) is 9.84. The fraction of sp³-hybridized carbons (Fsp3) is 0. The van der Waals surface area contributed by atoms with E-state index < -0.39 is 48.3 Å². The summed E-state index contributed by atoms with van der Waals surface area (Å²) in [6, 6.07) is 23.9. The molecule has 0 aliphatic heterocycles. The number of furan rings is 1. The lowest BCUT2D eigenvalue weighted by atomic mass is 9.85. The molecule has 0 spiro atoms. The van der Waals surface area contributed by atoms with Crippen LogP contribution in [0.15, 0.2) is 156 Å². The Morgan fingerprint density at radius 3 is 1.95 bits per heavy atom. The number of rotatable bonds is 3. The Labute approximate surface area is 273 Å². The molecule has 0 bridgehead atoms. The highest BCUT2D eigenvalue weighted by atomic mass is 35.5. The monoisotopic (exact) mass is 590 g/mol. The quantitative estimate of drug-likeness (QED) is 0.186. The summed E-state index contributed by atoms with van der Waals surface area (Å²) >= 11 is 6.62. The molecule has 2 heteroatoms. The first-order chi connectivity index (χ1) is 25.9. The van der Waals surface area contributed by atoms with E-state index in [0.717, 1.165) is 21.9 Å². The van der Waals surface area contributed by atoms with Crippen molar-refractivity contribution < 1.29 is 18.1 Å². The molecule has 0 amide bonds. The average Bonchev–Trinajstić information content (AvgIpc) is 3.59. The first kappa shape index (κ1) is 17.1. The maximum atomic E-state index is 9.56. The molecule has 1 aromatic heterocycles. The molecule has 0 atom stereocenters. The van der Waals surface area contributed by atoms with Crippen LogP contribution in [0.3, 0.4) is 0 Å². The minimum atomic E-state index is -0.578. The van der Waals surface area contributed by atoms with Crippen LogP contribution >= 0.6 is 11.6 Å². The maximum Gasteiger partial charge on any atom is 0.135 e. The zero-order valence-corrected chi connectivity index (χ0v) is 23.7. The van der Waals surface area contributed by atoms with Gasteiger partial charge in [-0.2, -0.15) is 0 Å². The summed E-state index contributed by atoms with van der Waals surface area (Å²) in [6.45, 7) is 0. The summed E-state index contributed by atoms with van der Waals surface area (Å²) < 4.78 is 97.4. The highest BCUT2D eigenvalue weighted by Gasteiger charge is 2.18. The summed E-state index contributed by atoms with van der Waals surface area (Å²) in [5.74, 6) is 0. The number of benzene rings is 8. The first-order valence-electron chi connectivity index (χ1n) is 19.1. The third-order valence-electron chi connectivity index (χ3n) is 8.10. The Bertz CT molecular complexity index is 3040. The molecule has 0 fully saturated rings. The molecule has 0 saturated heterocycles. The molecule has 0 unspecified atom stereocenters. The van der Waals surface area contributed by atoms with Crippen LogP contribution < -0.4 is 0 Å². The van der Waals surface area contributed by atoms with Gasteiger partial charge in [0.25, 0.3) is 0 Å². The van der Waals surface area contributed by atoms with Gasteiger partial charge in [0.05, 0.1) is 13.7 Å². The third-order valence-corrected chi connectivity index (χ3v) is 8.29. The molecule has 8 aromatic carbocycles. The molecule has 44 heavy (non-hydrogen) atoms. The third kappa shape index (κ3) is 3.94. The molecule has 9 aromatic rings. The van der Waals surface area contributed by atoms with Crippen LogP contribution in [0.2, 0.25) is 5.02 Å². The van der Waals surface area contributed by atoms with Gasteiger partial charge in [-0.3, -0.25) is 0 Å². The van der Waals surface area contributed by atoms with Gasteiger partial charge in [0.15, 0.2) is 0 Å². The van der Waals surface area contributed by atoms with Crippen molar-refractivity contribution in [3.63, 3.8) is 0 Å². The van der Waals surface area contributed by atoms with Gasteiger partial charge in [0.2, 0.25) is 0 Å². The van der Waals surface area contributed by atoms with Gasteiger partial charge in [-0.25, -0.2) is 0 Å². The van der Waals surface area contributed by atoms with Crippen molar-refractivity contribution in [3.8, 4) is 33.4 Å². The molecule has 0 aliphatic carbocycles. The van der Waals surface area contributed by atoms with E-state index in [1.54, 1.807) is 30.3 Å². The van der Waals surface area contributed by atoms with E-state index in [-0.39, 0.29) is 66.3 Å². The van der Waals surface area contributed by atoms with Crippen molar-refractivity contribution in [1.82, 2.24) is 0 Å². The lowest BCUT2D eigenvalue weighted by Crippen LogP contribution is -1.91. The van der Waals surface area contributed by atoms with E-state index in [0.29, 0.717) is 16.5 Å². The number of hydrogen-bond acceptors (Lipinski definition) is 1. The zero-order chi connectivity index (χ0) is 37.9. The molecule has 0 saturated carbocycles. The van der Waals surface area contributed by atoms with Crippen molar-refractivity contribution in [2.45, 2.75) is 0 Å². The Balaban J connectivity index is 1.50. The smallest absolute Gasteiger partial charge is 0.135 e. The molecule has 0 aliphatic rings. The predicted molar refractivity (Wildman–Crippen MR) is 188 cm³/mol. The van der Waals surface area contributed by atoms with Crippen LogP contribution in [-0.4, -0.2) is 0 Å². The predicted octanol–water partition coefficient (Wildman–Crippen LogP) is 12.7. The fourth-order valence-electron chi connectivity index (χ4n) is 6.10. The minimum Gasteiger partial charge on any atom is -0.456 e. The second-order valence-corrected chi connectivity index (χ2v) is 11.0. The van der Waals surface area contributed by atoms with Gasteiger partial charge in [-0.15, -0.1) is 0 Å². The van der Waals surface area contributed by atoms with Crippen LogP contribution in [0.5, 0.6) is 0 Å². The van der Waals surface area contributed by atoms with Crippen LogP contribution in [0.4, 0.5) is 0 Å². The fourth-order valence-corrected chi connectivity index (χ4v) is 6.25. The highest BCUT2D eigenvalue weighted by molar-refractivity contribution is 6.32. The topological polar surface area (TPSA) is 13.1 Å². The Morgan fingerprint density at radius 2 is 1.14 bits per heavy atom. The van der Waals surface area contributed by atoms with E-state index in [1.165, 1.54) is 0 Å². The SMILES string of the molecule is [2H]c1c(-c2c3c([2H])c([2H])c([2H])c([2H])c3c(-c3ccc4cc(-c5ccccc5)ccc4c3)c3c([2H])c([2H])c(Cl)c([2H])c23)c([2H])c2c(oc3ccccc32)c1[2H]. The standard InChI is InChI=1S/C42H25ClO/c43-32-19-20-36-38(25-32)42(31-18-21-40-37(24-31)33-10-6-7-13-39(33)44-40)35-12-5-4-11-34(35)41(36)30-17-16-28-22-27(14-15-29(28)23-30)26-8-2-1-3-9-26/h1-25H/i4D,5D,11D,12D,18D,19D,20D,21D,24D,25D. The number of halogens is 1. The number of hydrogen-bond donors (Lipinski definition) is 0. The summed E-state index contributed by atoms with van der Waals surface area (Å²) in [7, 11) is 0. The molecule has 206 valence electrons. The van der Waals surface area contributed by atoms with Gasteiger partial charge in [0, 0.05) is 15.8 Å². The summed E-state index contributed by atoms with van der Waals surface area (Å²) in [5, 5.41) is 1.87. The van der Waals surface area contributed by atoms with Crippen molar-refractivity contribution >= 4 is 65.9 Å². The lowest BCUT2D eigenvalue weighted by Gasteiger charge is -2.18. The molecule has 9 rings (SSSR count). The molecular weight excluding hydrogens is 556 g/mol. The van der Waals surface area contributed by atoms with Crippen LogP contribution in [0.1, 0.15) is 13.7 Å². The van der Waals surface area contributed by atoms with Crippen LogP contribution in [0.25, 0.3) is 87.6 Å². The van der Waals surface area contributed by atoms with Gasteiger partial charge >= 0.3 is 0 Å². The largest absolute Gasteiger partial charge is 0.456 e. The number of fused-ring (bicyclic) bond motifs is 6. The molecule has 0 N–H and O–H groups in total. The molecule has 0 radical (unpaired) electrons. The van der Waals surface area contributed by atoms with Crippen molar-refractivity contribution in [1.29, 1.82) is 0 Å². The maximum absolute atomic E-state index is 9.56. The Morgan fingerprint density at radius 1 is 0.455 bits per heavy atom. The van der Waals surface area contributed by atoms with Gasteiger partial charge in [0.1, 0.15) is 11.2 Å². The summed E-state index contributed by atoms with van der Waals surface area (Å²) in [4.78, 5) is 0. The van der Waals surface area contributed by atoms with Crippen molar-refractivity contribution in [2.75, 3.05) is 0 Å². The Hall–Kier alpha value is -5.37. The zero-order valence-electron chi connectivity index (χ0n) is 32.9. The second-order valence-electron chi connectivity index (χ2n) is 10.6. The van der Waals surface area contributed by atoms with E-state index >= 15 is 0 Å². The summed E-state index contributed by atoms with van der Waals surface area (Å²) in [6.07, 6.45) is 0. The highest BCUT2D eigenvalue weighted by Crippen LogP contribution is 2.46. The summed E-state index contributed by atoms with van der Waals surface area (Å²) in [5.41, 5.74) is 2.79. The molecule has 1 heterocycles. The van der Waals surface area contributed by atoms with E-state index in [1.807, 2.05) is 60.7 Å². The van der Waals surface area contributed by atoms with Gasteiger partial charge in [-0.1, -0.05) is 121 Å². The van der Waals surface area contributed by atoms with Gasteiger partial charge < -0.3 is 4.42 Å². The van der Waals surface area contributed by atoms with Crippen molar-refractivity contribution in [2.24, 2.45) is 0 Å². The number of para-hydroxylation sites is 1. The van der Waals surface area contributed by atoms with Gasteiger partial charge in [-0.05, 0) is 108 Å². The normalized spacial score (nSPS) is 14.9. The first-order valence-corrected chi connectivity index (χ1v) is 14.4. The van der Waals surface area contributed by atoms with Crippen LogP contribution in [-0.2, 0) is 0 Å². The molecule has 1 nitrogen and oxygen atoms in total. The Kier molecular flexibility index (Phi) is 3.81. The lowest BCUT2D eigenvalue weighted by molar-refractivity contribution is 0.669. The van der Waals surface area contributed by atoms with E-state index in [9.17, 15) is 8.22 Å². The minimum absolute atomic E-state index is 0.00432. The average molecular weight is 591 g/mol.